The first-order valence-electron chi connectivity index (χ1n) is 8.83. The fourth-order valence-corrected chi connectivity index (χ4v) is 2.86. The van der Waals surface area contributed by atoms with Gasteiger partial charge in [-0.1, -0.05) is 41.6 Å². The number of hydrogen-bond acceptors (Lipinski definition) is 5. The molecule has 0 radical (unpaired) electrons. The number of rotatable bonds is 6. The number of amides is 1. The summed E-state index contributed by atoms with van der Waals surface area (Å²) in [7, 11) is 0. The van der Waals surface area contributed by atoms with E-state index in [0.717, 1.165) is 15.8 Å². The van der Waals surface area contributed by atoms with Gasteiger partial charge in [0.25, 0.3) is 5.56 Å². The van der Waals surface area contributed by atoms with Crippen molar-refractivity contribution in [1.82, 2.24) is 30.1 Å². The van der Waals surface area contributed by atoms with E-state index in [1.54, 1.807) is 30.5 Å². The average molecular weight is 374 g/mol. The van der Waals surface area contributed by atoms with Crippen molar-refractivity contribution < 1.29 is 4.79 Å². The third kappa shape index (κ3) is 3.96. The van der Waals surface area contributed by atoms with E-state index in [1.165, 1.54) is 0 Å². The minimum Gasteiger partial charge on any atom is -0.350 e. The Kier molecular flexibility index (Phi) is 4.92. The molecule has 0 unspecified atom stereocenters. The second-order valence-corrected chi connectivity index (χ2v) is 6.37. The highest BCUT2D eigenvalue weighted by atomic mass is 16.2. The van der Waals surface area contributed by atoms with Crippen LogP contribution in [-0.4, -0.2) is 30.7 Å². The third-order valence-corrected chi connectivity index (χ3v) is 4.34. The van der Waals surface area contributed by atoms with E-state index < -0.39 is 0 Å². The molecule has 2 aromatic heterocycles. The van der Waals surface area contributed by atoms with E-state index in [4.69, 9.17) is 0 Å². The van der Waals surface area contributed by atoms with Crippen LogP contribution in [0.1, 0.15) is 11.1 Å². The Hall–Kier alpha value is -3.81. The zero-order chi connectivity index (χ0) is 19.3. The van der Waals surface area contributed by atoms with Gasteiger partial charge in [0, 0.05) is 18.9 Å². The maximum atomic E-state index is 12.4. The van der Waals surface area contributed by atoms with Crippen LogP contribution in [0.4, 0.5) is 0 Å². The molecule has 0 aliphatic heterocycles. The van der Waals surface area contributed by atoms with Crippen molar-refractivity contribution in [2.24, 2.45) is 0 Å². The van der Waals surface area contributed by atoms with Crippen LogP contribution in [0.2, 0.25) is 0 Å². The molecule has 0 fully saturated rings. The van der Waals surface area contributed by atoms with Gasteiger partial charge in [0.05, 0.1) is 11.9 Å². The van der Waals surface area contributed by atoms with Gasteiger partial charge in [-0.05, 0) is 29.3 Å². The van der Waals surface area contributed by atoms with Crippen LogP contribution in [0.25, 0.3) is 10.9 Å². The molecule has 8 nitrogen and oxygen atoms in total. The summed E-state index contributed by atoms with van der Waals surface area (Å²) in [5.74, 6) is -0.299. The highest BCUT2D eigenvalue weighted by molar-refractivity contribution is 5.78. The normalized spacial score (nSPS) is 10.9. The monoisotopic (exact) mass is 374 g/mol. The standard InChI is InChI=1S/C20H18N6O2/c27-19(14-26-20(28)17-4-1-2-5-18(17)23-24-26)21-12-15-6-8-16(9-7-15)13-25-11-3-10-22-25/h1-11H,12-14H2,(H,21,27). The number of nitrogens with zero attached hydrogens (tertiary/aromatic N) is 5. The number of hydrogen-bond donors (Lipinski definition) is 1. The summed E-state index contributed by atoms with van der Waals surface area (Å²) in [5.41, 5.74) is 2.27. The van der Waals surface area contributed by atoms with Crippen LogP contribution in [-0.2, 0) is 24.4 Å². The SMILES string of the molecule is O=C(Cn1nnc2ccccc2c1=O)NCc1ccc(Cn2cccn2)cc1. The molecular weight excluding hydrogens is 356 g/mol. The first-order valence-corrected chi connectivity index (χ1v) is 8.83. The fourth-order valence-electron chi connectivity index (χ4n) is 2.86. The zero-order valence-electron chi connectivity index (χ0n) is 15.0. The molecule has 0 saturated heterocycles. The molecule has 8 heteroatoms. The van der Waals surface area contributed by atoms with Gasteiger partial charge in [0.2, 0.25) is 5.91 Å². The topological polar surface area (TPSA) is 94.7 Å². The number of carbonyl (C=O) groups excluding carboxylic acids is 1. The van der Waals surface area contributed by atoms with Gasteiger partial charge in [-0.3, -0.25) is 14.3 Å². The first-order chi connectivity index (χ1) is 13.7. The summed E-state index contributed by atoms with van der Waals surface area (Å²) in [5, 5.41) is 15.2. The van der Waals surface area contributed by atoms with Crippen molar-refractivity contribution >= 4 is 16.8 Å². The number of aromatic nitrogens is 5. The van der Waals surface area contributed by atoms with Crippen LogP contribution >= 0.6 is 0 Å². The van der Waals surface area contributed by atoms with Gasteiger partial charge in [-0.2, -0.15) is 5.10 Å². The molecular formula is C20H18N6O2. The molecule has 4 aromatic rings. The fraction of sp³-hybridized carbons (Fsp3) is 0.150. The minimum absolute atomic E-state index is 0.173. The second kappa shape index (κ2) is 7.83. The molecule has 0 aliphatic rings. The lowest BCUT2D eigenvalue weighted by molar-refractivity contribution is -0.122. The maximum Gasteiger partial charge on any atom is 0.278 e. The highest BCUT2D eigenvalue weighted by Gasteiger charge is 2.09. The molecule has 1 N–H and O–H groups in total. The van der Waals surface area contributed by atoms with Crippen LogP contribution in [0, 0.1) is 0 Å². The van der Waals surface area contributed by atoms with Gasteiger partial charge in [0.1, 0.15) is 12.1 Å². The average Bonchev–Trinajstić information content (AvgIpc) is 3.23. The summed E-state index contributed by atoms with van der Waals surface area (Å²) < 4.78 is 2.92. The molecule has 0 aliphatic carbocycles. The molecule has 28 heavy (non-hydrogen) atoms. The van der Waals surface area contributed by atoms with Crippen LogP contribution in [0.15, 0.2) is 71.8 Å². The maximum absolute atomic E-state index is 12.4. The van der Waals surface area contributed by atoms with Gasteiger partial charge in [-0.15, -0.1) is 5.10 Å². The number of benzene rings is 2. The van der Waals surface area contributed by atoms with Crippen LogP contribution < -0.4 is 10.9 Å². The summed E-state index contributed by atoms with van der Waals surface area (Å²) in [6, 6.07) is 16.7. The Bertz CT molecular complexity index is 1150. The van der Waals surface area contributed by atoms with Gasteiger partial charge in [0.15, 0.2) is 0 Å². The lowest BCUT2D eigenvalue weighted by Crippen LogP contribution is -2.34. The Morgan fingerprint density at radius 1 is 1.00 bits per heavy atom. The Morgan fingerprint density at radius 2 is 1.79 bits per heavy atom. The molecule has 0 atom stereocenters. The lowest BCUT2D eigenvalue weighted by atomic mass is 10.1. The van der Waals surface area contributed by atoms with E-state index in [2.05, 4.69) is 20.7 Å². The number of nitrogens with one attached hydrogen (secondary N) is 1. The Morgan fingerprint density at radius 3 is 2.57 bits per heavy atom. The molecule has 0 spiro atoms. The molecule has 140 valence electrons. The summed E-state index contributed by atoms with van der Waals surface area (Å²) in [6.07, 6.45) is 3.65. The molecule has 2 aromatic carbocycles. The van der Waals surface area contributed by atoms with Crippen molar-refractivity contribution in [3.05, 3.63) is 88.5 Å². The predicted octanol–water partition coefficient (Wildman–Crippen LogP) is 1.35. The molecule has 0 bridgehead atoms. The van der Waals surface area contributed by atoms with Gasteiger partial charge < -0.3 is 5.32 Å². The minimum atomic E-state index is -0.330. The first kappa shape index (κ1) is 17.6. The Labute approximate surface area is 160 Å². The molecule has 2 heterocycles. The van der Waals surface area contributed by atoms with E-state index in [-0.39, 0.29) is 18.0 Å². The number of carbonyl (C=O) groups is 1. The highest BCUT2D eigenvalue weighted by Crippen LogP contribution is 2.06. The molecule has 0 saturated carbocycles. The third-order valence-electron chi connectivity index (χ3n) is 4.34. The van der Waals surface area contributed by atoms with Gasteiger partial charge in [-0.25, -0.2) is 4.68 Å². The summed E-state index contributed by atoms with van der Waals surface area (Å²) in [6.45, 7) is 0.897. The van der Waals surface area contributed by atoms with Crippen molar-refractivity contribution in [2.45, 2.75) is 19.6 Å². The quantitative estimate of drug-likeness (QED) is 0.550. The zero-order valence-corrected chi connectivity index (χ0v) is 15.0. The molecule has 1 amide bonds. The van der Waals surface area contributed by atoms with Crippen molar-refractivity contribution in [1.29, 1.82) is 0 Å². The number of fused-ring (bicyclic) bond motifs is 1. The van der Waals surface area contributed by atoms with Crippen LogP contribution in [0.5, 0.6) is 0 Å². The smallest absolute Gasteiger partial charge is 0.278 e. The van der Waals surface area contributed by atoms with E-state index in [1.807, 2.05) is 41.2 Å². The summed E-state index contributed by atoms with van der Waals surface area (Å²) in [4.78, 5) is 24.6. The Balaban J connectivity index is 1.35. The van der Waals surface area contributed by atoms with Crippen molar-refractivity contribution in [2.75, 3.05) is 0 Å². The largest absolute Gasteiger partial charge is 0.350 e. The second-order valence-electron chi connectivity index (χ2n) is 6.37. The summed E-state index contributed by atoms with van der Waals surface area (Å²) >= 11 is 0. The van der Waals surface area contributed by atoms with E-state index in [9.17, 15) is 9.59 Å². The lowest BCUT2D eigenvalue weighted by Gasteiger charge is -2.08. The van der Waals surface area contributed by atoms with Crippen molar-refractivity contribution in [3.8, 4) is 0 Å². The predicted molar refractivity (Wildman–Crippen MR) is 103 cm³/mol. The van der Waals surface area contributed by atoms with Crippen LogP contribution in [0.3, 0.4) is 0 Å². The van der Waals surface area contributed by atoms with E-state index >= 15 is 0 Å². The van der Waals surface area contributed by atoms with E-state index in [0.29, 0.717) is 24.0 Å². The molecule has 4 rings (SSSR count). The van der Waals surface area contributed by atoms with Gasteiger partial charge >= 0.3 is 0 Å². The van der Waals surface area contributed by atoms with Crippen molar-refractivity contribution in [3.63, 3.8) is 0 Å².